The van der Waals surface area contributed by atoms with Crippen LogP contribution in [0.3, 0.4) is 0 Å². The van der Waals surface area contributed by atoms with Crippen LogP contribution in [0, 0.1) is 41.3 Å². The first-order chi connectivity index (χ1) is 14.4. The van der Waals surface area contributed by atoms with Gasteiger partial charge in [-0.1, -0.05) is 132 Å². The summed E-state index contributed by atoms with van der Waals surface area (Å²) in [4.78, 5) is 0. The van der Waals surface area contributed by atoms with Crippen LogP contribution in [-0.2, 0) is 9.47 Å². The molecule has 0 unspecified atom stereocenters. The van der Waals surface area contributed by atoms with E-state index < -0.39 is 53.7 Å². The van der Waals surface area contributed by atoms with Gasteiger partial charge in [-0.15, -0.1) is 0 Å². The van der Waals surface area contributed by atoms with Gasteiger partial charge in [0.25, 0.3) is 0 Å². The van der Waals surface area contributed by atoms with E-state index >= 15 is 0 Å². The number of rotatable bonds is 6. The topological polar surface area (TPSA) is 60.8 Å². The van der Waals surface area contributed by atoms with Crippen molar-refractivity contribution >= 4 is 53.7 Å². The van der Waals surface area contributed by atoms with Crippen molar-refractivity contribution in [2.45, 2.75) is 104 Å². The fraction of sp³-hybridized carbons (Fsp3) is 1.00. The van der Waals surface area contributed by atoms with Crippen molar-refractivity contribution in [1.29, 1.82) is 0 Å². The summed E-state index contributed by atoms with van der Waals surface area (Å²) >= 11 is 0. The maximum absolute atomic E-state index is 4.94. The Morgan fingerprint density at radius 1 is 0.375 bits per heavy atom. The molecule has 0 aliphatic carbocycles. The Kier molecular flexibility index (Phi) is 40.9. The number of ether oxygens (including phenoxy) is 2. The van der Waals surface area contributed by atoms with Gasteiger partial charge < -0.3 is 23.4 Å². The van der Waals surface area contributed by atoms with Crippen LogP contribution in [0.25, 0.3) is 13.9 Å². The van der Waals surface area contributed by atoms with Crippen molar-refractivity contribution in [1.82, 2.24) is 0 Å². The van der Waals surface area contributed by atoms with Gasteiger partial charge in [-0.25, -0.2) is 0 Å². The molecule has 5 nitrogen and oxygen atoms in total. The minimum absolute atomic E-state index is 0. The van der Waals surface area contributed by atoms with Gasteiger partial charge in [-0.3, -0.25) is 0 Å². The minimum atomic E-state index is -0.542. The van der Waals surface area contributed by atoms with E-state index in [1.807, 2.05) is 0 Å². The van der Waals surface area contributed by atoms with Crippen molar-refractivity contribution in [2.24, 2.45) is 0 Å². The van der Waals surface area contributed by atoms with E-state index in [4.69, 9.17) is 9.47 Å². The van der Waals surface area contributed by atoms with Crippen LogP contribution >= 0.6 is 0 Å². The molecule has 2 rings (SSSR count). The Bertz CT molecular complexity index is 262. The van der Waals surface area contributed by atoms with Gasteiger partial charge in [0.05, 0.1) is 0 Å². The molecule has 2 saturated heterocycles. The maximum Gasteiger partial charge on any atom is 3.00 e. The molecule has 0 aromatic carbocycles. The van der Waals surface area contributed by atoms with Gasteiger partial charge >= 0.3 is 41.3 Å². The third kappa shape index (κ3) is 53.7. The van der Waals surface area contributed by atoms with Crippen LogP contribution in [0.15, 0.2) is 0 Å². The smallest absolute Gasteiger partial charge is 0.672 e. The molecule has 0 atom stereocenters. The van der Waals surface area contributed by atoms with Crippen LogP contribution in [-0.4, -0.2) is 80.2 Å². The monoisotopic (exact) mass is 681 g/mol. The van der Waals surface area contributed by atoms with Gasteiger partial charge in [-0.2, -0.15) is 0 Å². The van der Waals surface area contributed by atoms with E-state index in [2.05, 4.69) is 92.5 Å². The third-order valence-corrected chi connectivity index (χ3v) is 17.8. The van der Waals surface area contributed by atoms with E-state index in [9.17, 15) is 0 Å². The number of hydrogen-bond acceptors (Lipinski definition) is 2. The third-order valence-electron chi connectivity index (χ3n) is 3.44. The molecule has 0 amide bonds. The first-order valence-electron chi connectivity index (χ1n) is 12.6. The molecular formula is C20H58N3O2PrSi6. The molecule has 0 saturated carbocycles. The van der Waals surface area contributed by atoms with Crippen LogP contribution in [0.4, 0.5) is 0 Å². The van der Waals surface area contributed by atoms with Crippen molar-refractivity contribution in [2.75, 3.05) is 26.4 Å². The molecule has 192 valence electrons. The average molecular weight is 682 g/mol. The molecule has 0 radical (unpaired) electrons. The van der Waals surface area contributed by atoms with Gasteiger partial charge in [0.2, 0.25) is 0 Å². The molecule has 0 spiro atoms. The molecule has 2 aliphatic heterocycles. The summed E-state index contributed by atoms with van der Waals surface area (Å²) in [7, 11) is -3.25. The molecular weight excluding hydrogens is 624 g/mol. The standard InChI is InChI=1S/3C4H14NSi2.2C4H8O.Pr/c3*1-6(2)5-7(3)4;2*1-2-4-5-3-1;/h3*6-7H,1-4H3;2*1-4H2;/q3*-1;;;+3. The molecule has 2 fully saturated rings. The summed E-state index contributed by atoms with van der Waals surface area (Å²) in [5.41, 5.74) is 0. The van der Waals surface area contributed by atoms with E-state index in [-0.39, 0.29) is 41.3 Å². The van der Waals surface area contributed by atoms with Crippen LogP contribution in [0.5, 0.6) is 0 Å². The average Bonchev–Trinajstić information content (AvgIpc) is 3.32. The molecule has 0 aromatic heterocycles. The Morgan fingerprint density at radius 2 is 0.531 bits per heavy atom. The summed E-state index contributed by atoms with van der Waals surface area (Å²) < 4.78 is 23.6. The minimum Gasteiger partial charge on any atom is -0.672 e. The van der Waals surface area contributed by atoms with Crippen molar-refractivity contribution in [3.8, 4) is 0 Å². The molecule has 0 aromatic rings. The number of hydrogen-bond donors (Lipinski definition) is 0. The van der Waals surface area contributed by atoms with E-state index in [0.717, 1.165) is 26.4 Å². The Balaban J connectivity index is -0.000000153. The van der Waals surface area contributed by atoms with Crippen molar-refractivity contribution < 1.29 is 50.8 Å². The molecule has 0 N–H and O–H groups in total. The summed E-state index contributed by atoms with van der Waals surface area (Å²) in [5.74, 6) is 0. The second-order valence-electron chi connectivity index (χ2n) is 9.65. The summed E-state index contributed by atoms with van der Waals surface area (Å²) in [5, 5.41) is 0. The molecule has 12 heteroatoms. The van der Waals surface area contributed by atoms with E-state index in [0.29, 0.717) is 0 Å². The van der Waals surface area contributed by atoms with Crippen LogP contribution in [0.2, 0.25) is 78.6 Å². The first-order valence-corrected chi connectivity index (χ1v) is 29.6. The largest absolute Gasteiger partial charge is 3.00 e. The van der Waals surface area contributed by atoms with Crippen molar-refractivity contribution in [3.63, 3.8) is 0 Å². The van der Waals surface area contributed by atoms with Crippen molar-refractivity contribution in [3.05, 3.63) is 13.9 Å². The van der Waals surface area contributed by atoms with Crippen LogP contribution in [0.1, 0.15) is 25.7 Å². The molecule has 32 heavy (non-hydrogen) atoms. The molecule has 2 heterocycles. The van der Waals surface area contributed by atoms with E-state index in [1.165, 1.54) is 25.7 Å². The quantitative estimate of drug-likeness (QED) is 0.344. The second-order valence-corrected chi connectivity index (χ2v) is 26.4. The maximum atomic E-state index is 4.94. The number of nitrogens with zero attached hydrogens (tertiary/aromatic N) is 3. The van der Waals surface area contributed by atoms with Gasteiger partial charge in [0, 0.05) is 26.4 Å². The molecule has 0 bridgehead atoms. The fourth-order valence-electron chi connectivity index (χ4n) is 2.81. The predicted octanol–water partition coefficient (Wildman–Crippen LogP) is 5.57. The zero-order chi connectivity index (χ0) is 24.7. The second kappa shape index (κ2) is 31.5. The molecule has 2 aliphatic rings. The zero-order valence-corrected chi connectivity index (χ0v) is 34.5. The SMILES string of the molecule is C1CCOC1.C1CCOC1.C[SiH](C)[N-][SiH](C)C.C[SiH](C)[N-][SiH](C)C.C[SiH](C)[N-][SiH](C)C.[Pr+3]. The predicted molar refractivity (Wildman–Crippen MR) is 163 cm³/mol. The Morgan fingerprint density at radius 3 is 0.562 bits per heavy atom. The van der Waals surface area contributed by atoms with Crippen LogP contribution < -0.4 is 0 Å². The van der Waals surface area contributed by atoms with Gasteiger partial charge in [-0.05, 0) is 25.7 Å². The first kappa shape index (κ1) is 41.6. The Labute approximate surface area is 246 Å². The summed E-state index contributed by atoms with van der Waals surface area (Å²) in [6, 6.07) is 0. The summed E-state index contributed by atoms with van der Waals surface area (Å²) in [6.45, 7) is 31.2. The summed E-state index contributed by atoms with van der Waals surface area (Å²) in [6.07, 6.45) is 5.11. The fourth-order valence-corrected chi connectivity index (χ4v) is 17.1. The zero-order valence-electron chi connectivity index (χ0n) is 23.9. The van der Waals surface area contributed by atoms with Gasteiger partial charge in [0.15, 0.2) is 0 Å². The Hall–Kier alpha value is 2.46. The van der Waals surface area contributed by atoms with Gasteiger partial charge in [0.1, 0.15) is 0 Å². The normalized spacial score (nSPS) is 14.8. The van der Waals surface area contributed by atoms with E-state index in [1.54, 1.807) is 0 Å².